The van der Waals surface area contributed by atoms with Crippen LogP contribution in [0.2, 0.25) is 5.02 Å². The van der Waals surface area contributed by atoms with Crippen molar-refractivity contribution in [3.05, 3.63) is 16.9 Å². The van der Waals surface area contributed by atoms with Crippen molar-refractivity contribution >= 4 is 11.6 Å². The lowest BCUT2D eigenvalue weighted by Gasteiger charge is -2.36. The van der Waals surface area contributed by atoms with Crippen molar-refractivity contribution in [1.29, 1.82) is 0 Å². The summed E-state index contributed by atoms with van der Waals surface area (Å²) >= 11 is 6.42. The molecule has 1 heterocycles. The molecule has 0 radical (unpaired) electrons. The standard InChI is InChI=1S/C17H30ClN3/c1-5-13-6-7-14(10-19-9-12(2)3)15(8-13)17-16(18)11-20-21(17)4/h11-15,19H,5-10H2,1-4H3. The van der Waals surface area contributed by atoms with Crippen molar-refractivity contribution in [3.63, 3.8) is 0 Å². The van der Waals surface area contributed by atoms with E-state index >= 15 is 0 Å². The van der Waals surface area contributed by atoms with Crippen LogP contribution >= 0.6 is 11.6 Å². The molecule has 2 rings (SSSR count). The first kappa shape index (κ1) is 16.8. The van der Waals surface area contributed by atoms with Crippen molar-refractivity contribution in [2.24, 2.45) is 24.8 Å². The van der Waals surface area contributed by atoms with Crippen LogP contribution in [0, 0.1) is 17.8 Å². The van der Waals surface area contributed by atoms with Crippen molar-refractivity contribution in [2.45, 2.75) is 52.4 Å². The van der Waals surface area contributed by atoms with Gasteiger partial charge in [0.1, 0.15) is 0 Å². The number of halogens is 1. The van der Waals surface area contributed by atoms with Gasteiger partial charge in [0.25, 0.3) is 0 Å². The van der Waals surface area contributed by atoms with Crippen LogP contribution in [-0.4, -0.2) is 22.9 Å². The zero-order valence-electron chi connectivity index (χ0n) is 13.9. The highest BCUT2D eigenvalue weighted by atomic mass is 35.5. The van der Waals surface area contributed by atoms with E-state index < -0.39 is 0 Å². The van der Waals surface area contributed by atoms with Crippen molar-refractivity contribution < 1.29 is 0 Å². The van der Waals surface area contributed by atoms with E-state index in [9.17, 15) is 0 Å². The predicted octanol–water partition coefficient (Wildman–Crippen LogP) is 4.23. The van der Waals surface area contributed by atoms with Crippen LogP contribution in [-0.2, 0) is 7.05 Å². The van der Waals surface area contributed by atoms with Crippen LogP contribution in [0.15, 0.2) is 6.20 Å². The first-order chi connectivity index (χ1) is 10.0. The smallest absolute Gasteiger partial charge is 0.0820 e. The zero-order valence-corrected chi connectivity index (χ0v) is 14.7. The Kier molecular flexibility index (Phi) is 6.12. The summed E-state index contributed by atoms with van der Waals surface area (Å²) in [5.41, 5.74) is 1.24. The molecule has 1 saturated carbocycles. The summed E-state index contributed by atoms with van der Waals surface area (Å²) in [6.07, 6.45) is 6.99. The second-order valence-corrected chi connectivity index (χ2v) is 7.41. The van der Waals surface area contributed by atoms with E-state index in [2.05, 4.69) is 31.2 Å². The fraction of sp³-hybridized carbons (Fsp3) is 0.824. The molecule has 1 aromatic heterocycles. The summed E-state index contributed by atoms with van der Waals surface area (Å²) in [5.74, 6) is 2.76. The molecular weight excluding hydrogens is 282 g/mol. The van der Waals surface area contributed by atoms with Crippen LogP contribution in [0.1, 0.15) is 58.1 Å². The normalized spacial score (nSPS) is 26.5. The van der Waals surface area contributed by atoms with Gasteiger partial charge in [-0.3, -0.25) is 4.68 Å². The molecule has 0 aliphatic heterocycles. The van der Waals surface area contributed by atoms with Crippen LogP contribution in [0.3, 0.4) is 0 Å². The Labute approximate surface area is 134 Å². The number of nitrogens with zero attached hydrogens (tertiary/aromatic N) is 2. The Hall–Kier alpha value is -0.540. The Balaban J connectivity index is 2.10. The summed E-state index contributed by atoms with van der Waals surface area (Å²) in [5, 5.41) is 8.84. The molecule has 3 atom stereocenters. The van der Waals surface area contributed by atoms with E-state index in [0.717, 1.165) is 24.0 Å². The maximum atomic E-state index is 6.42. The molecule has 4 heteroatoms. The highest BCUT2D eigenvalue weighted by Crippen LogP contribution is 2.43. The SMILES string of the molecule is CCC1CCC(CNCC(C)C)C(c2c(Cl)cnn2C)C1. The summed E-state index contributed by atoms with van der Waals surface area (Å²) in [6, 6.07) is 0. The van der Waals surface area contributed by atoms with E-state index in [1.54, 1.807) is 6.20 Å². The first-order valence-corrected chi connectivity index (χ1v) is 8.78. The molecule has 0 saturated heterocycles. The molecule has 1 fully saturated rings. The quantitative estimate of drug-likeness (QED) is 0.852. The number of hydrogen-bond donors (Lipinski definition) is 1. The van der Waals surface area contributed by atoms with Crippen molar-refractivity contribution in [2.75, 3.05) is 13.1 Å². The monoisotopic (exact) mass is 311 g/mol. The molecule has 0 spiro atoms. The van der Waals surface area contributed by atoms with E-state index in [0.29, 0.717) is 17.8 Å². The second-order valence-electron chi connectivity index (χ2n) is 7.01. The lowest BCUT2D eigenvalue weighted by Crippen LogP contribution is -2.34. The minimum absolute atomic E-state index is 0.545. The molecule has 1 aliphatic rings. The van der Waals surface area contributed by atoms with Gasteiger partial charge < -0.3 is 5.32 Å². The van der Waals surface area contributed by atoms with Gasteiger partial charge in [-0.15, -0.1) is 0 Å². The van der Waals surface area contributed by atoms with Gasteiger partial charge in [0, 0.05) is 13.0 Å². The molecule has 0 aromatic carbocycles. The van der Waals surface area contributed by atoms with Gasteiger partial charge in [-0.1, -0.05) is 45.2 Å². The average Bonchev–Trinajstić information content (AvgIpc) is 2.78. The lowest BCUT2D eigenvalue weighted by molar-refractivity contribution is 0.217. The van der Waals surface area contributed by atoms with Crippen LogP contribution in [0.5, 0.6) is 0 Å². The Bertz CT molecular complexity index is 422. The van der Waals surface area contributed by atoms with Gasteiger partial charge in [-0.05, 0) is 43.7 Å². The van der Waals surface area contributed by atoms with Gasteiger partial charge in [0.2, 0.25) is 0 Å². The number of aryl methyl sites for hydroxylation is 1. The summed E-state index contributed by atoms with van der Waals surface area (Å²) in [6.45, 7) is 9.02. The third-order valence-electron chi connectivity index (χ3n) is 4.93. The molecule has 3 unspecified atom stereocenters. The Morgan fingerprint density at radius 2 is 2.19 bits per heavy atom. The molecule has 120 valence electrons. The number of nitrogens with one attached hydrogen (secondary N) is 1. The van der Waals surface area contributed by atoms with Gasteiger partial charge in [0.05, 0.1) is 16.9 Å². The zero-order chi connectivity index (χ0) is 15.4. The average molecular weight is 312 g/mol. The van der Waals surface area contributed by atoms with Crippen molar-refractivity contribution in [1.82, 2.24) is 15.1 Å². The van der Waals surface area contributed by atoms with E-state index in [4.69, 9.17) is 11.6 Å². The molecule has 3 nitrogen and oxygen atoms in total. The molecule has 0 bridgehead atoms. The van der Waals surface area contributed by atoms with Gasteiger partial charge >= 0.3 is 0 Å². The Morgan fingerprint density at radius 1 is 1.43 bits per heavy atom. The van der Waals surface area contributed by atoms with Crippen molar-refractivity contribution in [3.8, 4) is 0 Å². The first-order valence-electron chi connectivity index (χ1n) is 8.41. The van der Waals surface area contributed by atoms with Crippen LogP contribution in [0.25, 0.3) is 0 Å². The fourth-order valence-electron chi connectivity index (χ4n) is 3.67. The van der Waals surface area contributed by atoms with E-state index in [-0.39, 0.29) is 0 Å². The highest BCUT2D eigenvalue weighted by Gasteiger charge is 2.33. The molecule has 1 N–H and O–H groups in total. The van der Waals surface area contributed by atoms with Gasteiger partial charge in [-0.2, -0.15) is 5.10 Å². The maximum Gasteiger partial charge on any atom is 0.0820 e. The van der Waals surface area contributed by atoms with E-state index in [1.165, 1.54) is 31.4 Å². The fourth-order valence-corrected chi connectivity index (χ4v) is 3.97. The molecule has 1 aliphatic carbocycles. The largest absolute Gasteiger partial charge is 0.316 e. The summed E-state index contributed by atoms with van der Waals surface area (Å²) in [4.78, 5) is 0. The molecular formula is C17H30ClN3. The predicted molar refractivity (Wildman–Crippen MR) is 89.8 cm³/mol. The minimum atomic E-state index is 0.545. The minimum Gasteiger partial charge on any atom is -0.316 e. The second kappa shape index (κ2) is 7.64. The molecule has 1 aromatic rings. The number of hydrogen-bond acceptors (Lipinski definition) is 2. The lowest BCUT2D eigenvalue weighted by atomic mass is 9.71. The van der Waals surface area contributed by atoms with Gasteiger partial charge in [0.15, 0.2) is 0 Å². The number of aromatic nitrogens is 2. The van der Waals surface area contributed by atoms with Crippen LogP contribution in [0.4, 0.5) is 0 Å². The third-order valence-corrected chi connectivity index (χ3v) is 5.22. The molecule has 21 heavy (non-hydrogen) atoms. The topological polar surface area (TPSA) is 29.9 Å². The Morgan fingerprint density at radius 3 is 2.76 bits per heavy atom. The summed E-state index contributed by atoms with van der Waals surface area (Å²) < 4.78 is 1.99. The number of rotatable bonds is 6. The summed E-state index contributed by atoms with van der Waals surface area (Å²) in [7, 11) is 2.02. The van der Waals surface area contributed by atoms with E-state index in [1.807, 2.05) is 11.7 Å². The van der Waals surface area contributed by atoms with Gasteiger partial charge in [-0.25, -0.2) is 0 Å². The van der Waals surface area contributed by atoms with Crippen LogP contribution < -0.4 is 5.32 Å². The highest BCUT2D eigenvalue weighted by molar-refractivity contribution is 6.31. The molecule has 0 amide bonds. The third kappa shape index (κ3) is 4.23. The maximum absolute atomic E-state index is 6.42.